The van der Waals surface area contributed by atoms with Crippen LogP contribution in [0.5, 0.6) is 0 Å². The molecule has 1 aliphatic heterocycles. The molecule has 19 heavy (non-hydrogen) atoms. The Hall–Kier alpha value is -1.50. The Kier molecular flexibility index (Phi) is 3.22. The molecule has 2 aromatic rings. The summed E-state index contributed by atoms with van der Waals surface area (Å²) in [5.74, 6) is -0.530. The van der Waals surface area contributed by atoms with Gasteiger partial charge in [-0.3, -0.25) is 4.90 Å². The van der Waals surface area contributed by atoms with E-state index in [2.05, 4.69) is 9.88 Å². The molecule has 0 saturated carbocycles. The lowest BCUT2D eigenvalue weighted by Crippen LogP contribution is -2.47. The van der Waals surface area contributed by atoms with Gasteiger partial charge in [0.25, 0.3) is 0 Å². The first-order valence-electron chi connectivity index (χ1n) is 6.11. The van der Waals surface area contributed by atoms with Crippen molar-refractivity contribution in [2.75, 3.05) is 19.7 Å². The summed E-state index contributed by atoms with van der Waals surface area (Å²) in [5.41, 5.74) is 1.02. The summed E-state index contributed by atoms with van der Waals surface area (Å²) in [4.78, 5) is 17.6. The molecule has 0 bridgehead atoms. The SMILES string of the molecule is O=C(O)c1ccc2sc(CN3CC(CO)C3)nc2c1. The third kappa shape index (κ3) is 2.47. The van der Waals surface area contributed by atoms with Crippen molar-refractivity contribution >= 4 is 27.5 Å². The Morgan fingerprint density at radius 3 is 2.95 bits per heavy atom. The molecule has 1 fully saturated rings. The number of rotatable bonds is 4. The minimum atomic E-state index is -0.926. The molecule has 5 nitrogen and oxygen atoms in total. The van der Waals surface area contributed by atoms with Crippen LogP contribution in [0, 0.1) is 5.92 Å². The van der Waals surface area contributed by atoms with Gasteiger partial charge in [-0.1, -0.05) is 0 Å². The Morgan fingerprint density at radius 2 is 2.26 bits per heavy atom. The molecule has 2 heterocycles. The predicted octanol–water partition coefficient (Wildman–Crippen LogP) is 1.42. The zero-order chi connectivity index (χ0) is 13.4. The monoisotopic (exact) mass is 278 g/mol. The number of thiazole rings is 1. The zero-order valence-corrected chi connectivity index (χ0v) is 11.1. The lowest BCUT2D eigenvalue weighted by Gasteiger charge is -2.37. The summed E-state index contributed by atoms with van der Waals surface area (Å²) in [6.45, 7) is 2.84. The number of nitrogens with zero attached hydrogens (tertiary/aromatic N) is 2. The number of benzene rings is 1. The number of likely N-dealkylation sites (tertiary alicyclic amines) is 1. The second-order valence-corrected chi connectivity index (χ2v) is 5.95. The third-order valence-corrected chi connectivity index (χ3v) is 4.35. The number of aromatic nitrogens is 1. The van der Waals surface area contributed by atoms with Crippen molar-refractivity contribution in [2.24, 2.45) is 5.92 Å². The summed E-state index contributed by atoms with van der Waals surface area (Å²) in [7, 11) is 0. The molecule has 0 amide bonds. The summed E-state index contributed by atoms with van der Waals surface area (Å²) in [5, 5.41) is 18.9. The van der Waals surface area contributed by atoms with Gasteiger partial charge in [-0.2, -0.15) is 0 Å². The van der Waals surface area contributed by atoms with Crippen LogP contribution in [0.3, 0.4) is 0 Å². The highest BCUT2D eigenvalue weighted by Crippen LogP contribution is 2.26. The molecule has 0 aliphatic carbocycles. The Bertz CT molecular complexity index is 619. The van der Waals surface area contributed by atoms with Crippen LogP contribution < -0.4 is 0 Å². The van der Waals surface area contributed by atoms with Crippen molar-refractivity contribution in [2.45, 2.75) is 6.54 Å². The summed E-state index contributed by atoms with van der Waals surface area (Å²) in [6.07, 6.45) is 0. The first-order valence-corrected chi connectivity index (χ1v) is 6.93. The van der Waals surface area contributed by atoms with Crippen LogP contribution in [0.25, 0.3) is 10.2 Å². The van der Waals surface area contributed by atoms with E-state index in [-0.39, 0.29) is 12.2 Å². The number of aliphatic hydroxyl groups is 1. The van der Waals surface area contributed by atoms with Gasteiger partial charge in [0.1, 0.15) is 5.01 Å². The van der Waals surface area contributed by atoms with Gasteiger partial charge < -0.3 is 10.2 Å². The van der Waals surface area contributed by atoms with E-state index in [0.717, 1.165) is 34.9 Å². The number of carbonyl (C=O) groups is 1. The summed E-state index contributed by atoms with van der Waals surface area (Å²) >= 11 is 1.60. The second-order valence-electron chi connectivity index (χ2n) is 4.84. The number of hydrogen-bond donors (Lipinski definition) is 2. The van der Waals surface area contributed by atoms with Crippen LogP contribution in [0.15, 0.2) is 18.2 Å². The molecule has 0 spiro atoms. The molecule has 1 aromatic heterocycles. The molecule has 0 atom stereocenters. The van der Waals surface area contributed by atoms with Crippen LogP contribution in [0.2, 0.25) is 0 Å². The van der Waals surface area contributed by atoms with Crippen LogP contribution in [0.1, 0.15) is 15.4 Å². The van der Waals surface area contributed by atoms with Crippen molar-refractivity contribution in [3.8, 4) is 0 Å². The first kappa shape index (κ1) is 12.5. The fraction of sp³-hybridized carbons (Fsp3) is 0.385. The van der Waals surface area contributed by atoms with Gasteiger partial charge >= 0.3 is 5.97 Å². The van der Waals surface area contributed by atoms with E-state index in [9.17, 15) is 4.79 Å². The highest BCUT2D eigenvalue weighted by Gasteiger charge is 2.26. The maximum Gasteiger partial charge on any atom is 0.335 e. The second kappa shape index (κ2) is 4.88. The molecule has 100 valence electrons. The van der Waals surface area contributed by atoms with E-state index < -0.39 is 5.97 Å². The number of aliphatic hydroxyl groups excluding tert-OH is 1. The van der Waals surface area contributed by atoms with E-state index in [1.165, 1.54) is 0 Å². The van der Waals surface area contributed by atoms with E-state index >= 15 is 0 Å². The average molecular weight is 278 g/mol. The Balaban J connectivity index is 1.76. The van der Waals surface area contributed by atoms with E-state index in [4.69, 9.17) is 10.2 Å². The molecule has 0 radical (unpaired) electrons. The first-order chi connectivity index (χ1) is 9.15. The lowest BCUT2D eigenvalue weighted by atomic mass is 10.0. The van der Waals surface area contributed by atoms with Crippen molar-refractivity contribution in [1.82, 2.24) is 9.88 Å². The molecule has 1 aliphatic rings. The Morgan fingerprint density at radius 1 is 1.47 bits per heavy atom. The molecule has 0 unspecified atom stereocenters. The molecule has 1 aromatic carbocycles. The van der Waals surface area contributed by atoms with Gasteiger partial charge in [-0.25, -0.2) is 9.78 Å². The third-order valence-electron chi connectivity index (χ3n) is 3.33. The quantitative estimate of drug-likeness (QED) is 0.885. The van der Waals surface area contributed by atoms with Gasteiger partial charge in [-0.05, 0) is 18.2 Å². The van der Waals surface area contributed by atoms with Crippen molar-refractivity contribution in [1.29, 1.82) is 0 Å². The average Bonchev–Trinajstić information content (AvgIpc) is 2.74. The van der Waals surface area contributed by atoms with E-state index in [1.54, 1.807) is 23.5 Å². The number of carboxylic acids is 1. The van der Waals surface area contributed by atoms with E-state index in [1.807, 2.05) is 6.07 Å². The smallest absolute Gasteiger partial charge is 0.335 e. The Labute approximate surface area is 114 Å². The summed E-state index contributed by atoms with van der Waals surface area (Å²) < 4.78 is 1.01. The normalized spacial score (nSPS) is 16.7. The highest BCUT2D eigenvalue weighted by atomic mass is 32.1. The molecule has 3 rings (SSSR count). The van der Waals surface area contributed by atoms with Crippen LogP contribution in [0.4, 0.5) is 0 Å². The molecule has 1 saturated heterocycles. The zero-order valence-electron chi connectivity index (χ0n) is 10.2. The largest absolute Gasteiger partial charge is 0.478 e. The van der Waals surface area contributed by atoms with Gasteiger partial charge in [0, 0.05) is 25.6 Å². The molecular formula is C13H14N2O3S. The van der Waals surface area contributed by atoms with Gasteiger partial charge in [-0.15, -0.1) is 11.3 Å². The fourth-order valence-electron chi connectivity index (χ4n) is 2.29. The van der Waals surface area contributed by atoms with Crippen LogP contribution in [-0.4, -0.2) is 45.8 Å². The fourth-order valence-corrected chi connectivity index (χ4v) is 3.28. The van der Waals surface area contributed by atoms with Gasteiger partial charge in [0.2, 0.25) is 0 Å². The van der Waals surface area contributed by atoms with Crippen LogP contribution >= 0.6 is 11.3 Å². The number of fused-ring (bicyclic) bond motifs is 1. The summed E-state index contributed by atoms with van der Waals surface area (Å²) in [6, 6.07) is 5.04. The minimum absolute atomic E-state index is 0.248. The van der Waals surface area contributed by atoms with Crippen molar-refractivity contribution < 1.29 is 15.0 Å². The van der Waals surface area contributed by atoms with Crippen LogP contribution in [-0.2, 0) is 6.54 Å². The van der Waals surface area contributed by atoms with Crippen molar-refractivity contribution in [3.05, 3.63) is 28.8 Å². The highest BCUT2D eigenvalue weighted by molar-refractivity contribution is 7.18. The minimum Gasteiger partial charge on any atom is -0.478 e. The number of aromatic carboxylic acids is 1. The molecular weight excluding hydrogens is 264 g/mol. The maximum atomic E-state index is 10.9. The lowest BCUT2D eigenvalue weighted by molar-refractivity contribution is 0.0479. The maximum absolute atomic E-state index is 10.9. The van der Waals surface area contributed by atoms with Crippen molar-refractivity contribution in [3.63, 3.8) is 0 Å². The number of carboxylic acid groups (broad SMARTS) is 1. The van der Waals surface area contributed by atoms with Gasteiger partial charge in [0.05, 0.1) is 22.3 Å². The topological polar surface area (TPSA) is 73.7 Å². The number of hydrogen-bond acceptors (Lipinski definition) is 5. The standard InChI is InChI=1S/C13H14N2O3S/c16-7-8-4-15(5-8)6-12-14-10-3-9(13(17)18)1-2-11(10)19-12/h1-3,8,16H,4-7H2,(H,17,18). The molecule has 2 N–H and O–H groups in total. The molecule has 6 heteroatoms. The van der Waals surface area contributed by atoms with Gasteiger partial charge in [0.15, 0.2) is 0 Å². The predicted molar refractivity (Wildman–Crippen MR) is 72.4 cm³/mol. The van der Waals surface area contributed by atoms with E-state index in [0.29, 0.717) is 5.92 Å².